The zero-order chi connectivity index (χ0) is 9.65. The summed E-state index contributed by atoms with van der Waals surface area (Å²) >= 11 is 15.2. The van der Waals surface area contributed by atoms with E-state index in [2.05, 4.69) is 6.58 Å². The summed E-state index contributed by atoms with van der Waals surface area (Å²) < 4.78 is -1.08. The third-order valence-electron chi connectivity index (χ3n) is 0.365. The summed E-state index contributed by atoms with van der Waals surface area (Å²) in [5, 5.41) is 7.89. The number of aliphatic carboxylic acids is 1. The molecule has 66 valence electrons. The third-order valence-corrected chi connectivity index (χ3v) is 0.365. The van der Waals surface area contributed by atoms with Gasteiger partial charge in [-0.1, -0.05) is 41.4 Å². The van der Waals surface area contributed by atoms with Crippen LogP contribution in [0.15, 0.2) is 12.2 Å². The fourth-order valence-electron chi connectivity index (χ4n) is 0. The van der Waals surface area contributed by atoms with Gasteiger partial charge in [-0.2, -0.15) is 0 Å². The Kier molecular flexibility index (Phi) is 7.07. The number of carboxylic acid groups (broad SMARTS) is 1. The van der Waals surface area contributed by atoms with Crippen LogP contribution in [-0.4, -0.2) is 14.9 Å². The number of rotatable bonds is 1. The summed E-state index contributed by atoms with van der Waals surface area (Å²) in [5.74, 6) is -0.935. The van der Waals surface area contributed by atoms with Crippen LogP contribution in [0.2, 0.25) is 0 Å². The van der Waals surface area contributed by atoms with Gasteiger partial charge in [-0.05, 0) is 13.8 Å². The summed E-state index contributed by atoms with van der Waals surface area (Å²) in [6, 6.07) is 0. The lowest BCUT2D eigenvalue weighted by atomic mass is 10.4. The second kappa shape index (κ2) is 5.70. The van der Waals surface area contributed by atoms with Crippen molar-refractivity contribution in [1.82, 2.24) is 0 Å². The van der Waals surface area contributed by atoms with Crippen LogP contribution in [-0.2, 0) is 4.79 Å². The number of hydrogen-bond acceptors (Lipinski definition) is 1. The van der Waals surface area contributed by atoms with E-state index in [0.717, 1.165) is 0 Å². The van der Waals surface area contributed by atoms with Crippen molar-refractivity contribution in [3.8, 4) is 0 Å². The molecule has 0 saturated heterocycles. The van der Waals surface area contributed by atoms with Crippen LogP contribution < -0.4 is 0 Å². The van der Waals surface area contributed by atoms with Gasteiger partial charge in [0.25, 0.3) is 0 Å². The van der Waals surface area contributed by atoms with Crippen LogP contribution in [0.1, 0.15) is 13.8 Å². The Hall–Kier alpha value is 0.0800. The van der Waals surface area contributed by atoms with Crippen LogP contribution in [0, 0.1) is 0 Å². The summed E-state index contributed by atoms with van der Waals surface area (Å²) in [6.45, 7) is 6.09. The molecule has 1 N–H and O–H groups in total. The Morgan fingerprint density at radius 2 is 1.55 bits per heavy atom. The van der Waals surface area contributed by atoms with E-state index in [1.165, 1.54) is 13.8 Å². The van der Waals surface area contributed by atoms with Crippen molar-refractivity contribution in [3.63, 3.8) is 0 Å². The minimum atomic E-state index is -1.08. The van der Waals surface area contributed by atoms with Crippen molar-refractivity contribution in [2.45, 2.75) is 17.6 Å². The van der Waals surface area contributed by atoms with Gasteiger partial charge in [0, 0.05) is 5.57 Å². The van der Waals surface area contributed by atoms with Crippen molar-refractivity contribution >= 4 is 40.8 Å². The molecule has 11 heavy (non-hydrogen) atoms. The zero-order valence-corrected chi connectivity index (χ0v) is 8.46. The number of hydrogen-bond donors (Lipinski definition) is 1. The standard InChI is InChI=1S/C4H6O2.C2H3Cl3/c1-3(2)4(5)6;1-2(3,4)5/h1H2,2H3,(H,5,6);1H3. The highest BCUT2D eigenvalue weighted by molar-refractivity contribution is 6.67. The Morgan fingerprint density at radius 1 is 1.45 bits per heavy atom. The molecule has 0 aromatic heterocycles. The molecule has 0 aliphatic heterocycles. The van der Waals surface area contributed by atoms with Gasteiger partial charge < -0.3 is 5.11 Å². The van der Waals surface area contributed by atoms with E-state index < -0.39 is 9.76 Å². The molecular weight excluding hydrogens is 210 g/mol. The summed E-state index contributed by atoms with van der Waals surface area (Å²) in [5.41, 5.74) is 0.176. The Labute approximate surface area is 80.7 Å². The van der Waals surface area contributed by atoms with E-state index in [4.69, 9.17) is 39.9 Å². The molecule has 0 radical (unpaired) electrons. The van der Waals surface area contributed by atoms with Crippen molar-refractivity contribution in [3.05, 3.63) is 12.2 Å². The molecule has 0 amide bonds. The van der Waals surface area contributed by atoms with Gasteiger partial charge >= 0.3 is 5.97 Å². The van der Waals surface area contributed by atoms with Crippen molar-refractivity contribution in [2.75, 3.05) is 0 Å². The maximum Gasteiger partial charge on any atom is 0.330 e. The molecule has 2 nitrogen and oxygen atoms in total. The topological polar surface area (TPSA) is 37.3 Å². The van der Waals surface area contributed by atoms with Gasteiger partial charge in [-0.25, -0.2) is 4.79 Å². The van der Waals surface area contributed by atoms with Crippen LogP contribution in [0.4, 0.5) is 0 Å². The van der Waals surface area contributed by atoms with E-state index in [9.17, 15) is 4.79 Å². The quantitative estimate of drug-likeness (QED) is 0.544. The van der Waals surface area contributed by atoms with Gasteiger partial charge in [0.1, 0.15) is 0 Å². The number of halogens is 3. The molecule has 0 aromatic carbocycles. The van der Waals surface area contributed by atoms with Gasteiger partial charge in [0.15, 0.2) is 3.79 Å². The Morgan fingerprint density at radius 3 is 1.55 bits per heavy atom. The van der Waals surface area contributed by atoms with Crippen molar-refractivity contribution in [2.24, 2.45) is 0 Å². The maximum absolute atomic E-state index is 9.60. The van der Waals surface area contributed by atoms with E-state index in [1.807, 2.05) is 0 Å². The lowest BCUT2D eigenvalue weighted by Gasteiger charge is -1.94. The molecule has 0 atom stereocenters. The monoisotopic (exact) mass is 218 g/mol. The summed E-state index contributed by atoms with van der Waals surface area (Å²) in [4.78, 5) is 9.60. The minimum absolute atomic E-state index is 0.176. The van der Waals surface area contributed by atoms with Gasteiger partial charge in [-0.15, -0.1) is 0 Å². The van der Waals surface area contributed by atoms with Crippen LogP contribution >= 0.6 is 34.8 Å². The highest BCUT2D eigenvalue weighted by Gasteiger charge is 2.07. The van der Waals surface area contributed by atoms with Crippen LogP contribution in [0.3, 0.4) is 0 Å². The fourth-order valence-corrected chi connectivity index (χ4v) is 0. The molecular formula is C6H9Cl3O2. The van der Waals surface area contributed by atoms with E-state index >= 15 is 0 Å². The molecule has 0 bridgehead atoms. The molecule has 0 aliphatic carbocycles. The molecule has 0 rings (SSSR count). The second-order valence-corrected chi connectivity index (χ2v) is 4.71. The van der Waals surface area contributed by atoms with Crippen molar-refractivity contribution in [1.29, 1.82) is 0 Å². The normalized spacial score (nSPS) is 9.55. The van der Waals surface area contributed by atoms with E-state index in [1.54, 1.807) is 0 Å². The number of carboxylic acids is 1. The molecule has 0 spiro atoms. The molecule has 0 fully saturated rings. The lowest BCUT2D eigenvalue weighted by molar-refractivity contribution is -0.132. The third kappa shape index (κ3) is 39.5. The van der Waals surface area contributed by atoms with Crippen LogP contribution in [0.25, 0.3) is 0 Å². The predicted octanol–water partition coefficient (Wildman–Crippen LogP) is 3.02. The molecule has 0 aromatic rings. The predicted molar refractivity (Wildman–Crippen MR) is 48.4 cm³/mol. The molecule has 5 heteroatoms. The Bertz CT molecular complexity index is 130. The van der Waals surface area contributed by atoms with Crippen LogP contribution in [0.5, 0.6) is 0 Å². The fraction of sp³-hybridized carbons (Fsp3) is 0.500. The Balaban J connectivity index is 0. The zero-order valence-electron chi connectivity index (χ0n) is 6.20. The SMILES string of the molecule is C=C(C)C(=O)O.CC(Cl)(Cl)Cl. The van der Waals surface area contributed by atoms with Gasteiger partial charge in [0.2, 0.25) is 0 Å². The summed E-state index contributed by atoms with van der Waals surface area (Å²) in [6.07, 6.45) is 0. The first-order chi connectivity index (χ1) is 4.64. The molecule has 0 heterocycles. The van der Waals surface area contributed by atoms with E-state index in [0.29, 0.717) is 0 Å². The first-order valence-electron chi connectivity index (χ1n) is 2.60. The first-order valence-corrected chi connectivity index (χ1v) is 3.73. The lowest BCUT2D eigenvalue weighted by Crippen LogP contribution is -1.92. The highest BCUT2D eigenvalue weighted by atomic mass is 35.6. The molecule has 0 saturated carbocycles. The molecule has 0 aliphatic rings. The van der Waals surface area contributed by atoms with E-state index in [-0.39, 0.29) is 5.57 Å². The van der Waals surface area contributed by atoms with Crippen molar-refractivity contribution < 1.29 is 9.90 Å². The molecule has 0 unspecified atom stereocenters. The highest BCUT2D eigenvalue weighted by Crippen LogP contribution is 2.23. The van der Waals surface area contributed by atoms with Gasteiger partial charge in [-0.3, -0.25) is 0 Å². The number of alkyl halides is 3. The number of carbonyl (C=O) groups is 1. The maximum atomic E-state index is 9.60. The summed E-state index contributed by atoms with van der Waals surface area (Å²) in [7, 11) is 0. The average molecular weight is 219 g/mol. The average Bonchev–Trinajstić information content (AvgIpc) is 1.59. The first kappa shape index (κ1) is 13.7. The smallest absolute Gasteiger partial charge is 0.330 e. The minimum Gasteiger partial charge on any atom is -0.478 e. The largest absolute Gasteiger partial charge is 0.478 e. The van der Waals surface area contributed by atoms with Gasteiger partial charge in [0.05, 0.1) is 0 Å². The second-order valence-electron chi connectivity index (χ2n) is 1.87.